The lowest BCUT2D eigenvalue weighted by Crippen LogP contribution is -2.35. The van der Waals surface area contributed by atoms with E-state index in [0.29, 0.717) is 0 Å². The summed E-state index contributed by atoms with van der Waals surface area (Å²) in [5.41, 5.74) is 0. The van der Waals surface area contributed by atoms with E-state index in [0.717, 1.165) is 11.8 Å². The van der Waals surface area contributed by atoms with Crippen molar-refractivity contribution in [3.8, 4) is 0 Å². The monoisotopic (exact) mass is 223 g/mol. The largest absolute Gasteiger partial charge is 0.316 e. The number of hydrogen-bond acceptors (Lipinski definition) is 2. The van der Waals surface area contributed by atoms with Crippen molar-refractivity contribution in [2.24, 2.45) is 5.92 Å². The second-order valence-electron chi connectivity index (χ2n) is 4.60. The van der Waals surface area contributed by atoms with Gasteiger partial charge in [0.1, 0.15) is 0 Å². The zero-order valence-electron chi connectivity index (χ0n) is 9.75. The van der Waals surface area contributed by atoms with E-state index in [-0.39, 0.29) is 0 Å². The maximum absolute atomic E-state index is 3.53. The summed E-state index contributed by atoms with van der Waals surface area (Å²) in [6.07, 6.45) is 4.01. The summed E-state index contributed by atoms with van der Waals surface area (Å²) in [5.74, 6) is 1.69. The van der Waals surface area contributed by atoms with E-state index in [1.54, 1.807) is 4.88 Å². The maximum Gasteiger partial charge on any atom is 0.00827 e. The Morgan fingerprint density at radius 1 is 1.47 bits per heavy atom. The number of piperidine rings is 1. The van der Waals surface area contributed by atoms with Gasteiger partial charge >= 0.3 is 0 Å². The lowest BCUT2D eigenvalue weighted by molar-refractivity contribution is 0.310. The molecule has 0 saturated carbocycles. The van der Waals surface area contributed by atoms with Gasteiger partial charge in [0.05, 0.1) is 0 Å². The van der Waals surface area contributed by atoms with Gasteiger partial charge in [-0.1, -0.05) is 13.3 Å². The van der Waals surface area contributed by atoms with E-state index in [9.17, 15) is 0 Å². The quantitative estimate of drug-likeness (QED) is 0.826. The summed E-state index contributed by atoms with van der Waals surface area (Å²) < 4.78 is 0. The smallest absolute Gasteiger partial charge is 0.00827 e. The Hall–Kier alpha value is -0.340. The van der Waals surface area contributed by atoms with Crippen molar-refractivity contribution in [3.63, 3.8) is 0 Å². The van der Waals surface area contributed by atoms with Gasteiger partial charge in [-0.2, -0.15) is 0 Å². The lowest BCUT2D eigenvalue weighted by Gasteiger charge is -2.31. The third kappa shape index (κ3) is 2.61. The Morgan fingerprint density at radius 2 is 2.33 bits per heavy atom. The number of rotatable bonds is 3. The average Bonchev–Trinajstić information content (AvgIpc) is 2.66. The molecular formula is C13H21NS. The van der Waals surface area contributed by atoms with E-state index < -0.39 is 0 Å². The number of nitrogens with one attached hydrogen (secondary N) is 1. The molecule has 1 nitrogen and oxygen atoms in total. The maximum atomic E-state index is 3.53. The molecule has 0 spiro atoms. The first kappa shape index (κ1) is 11.2. The summed E-state index contributed by atoms with van der Waals surface area (Å²) in [5, 5.41) is 3.53. The molecule has 15 heavy (non-hydrogen) atoms. The summed E-state index contributed by atoms with van der Waals surface area (Å²) in [4.78, 5) is 3.08. The van der Waals surface area contributed by atoms with Crippen LogP contribution in [0.1, 0.15) is 41.9 Å². The molecule has 1 aliphatic rings. The molecule has 2 heterocycles. The molecule has 0 radical (unpaired) electrons. The second-order valence-corrected chi connectivity index (χ2v) is 5.92. The van der Waals surface area contributed by atoms with Crippen molar-refractivity contribution < 1.29 is 0 Å². The Kier molecular flexibility index (Phi) is 3.81. The lowest BCUT2D eigenvalue weighted by atomic mass is 9.82. The van der Waals surface area contributed by atoms with Crippen LogP contribution < -0.4 is 5.32 Å². The first-order valence-corrected chi connectivity index (χ1v) is 6.90. The predicted molar refractivity (Wildman–Crippen MR) is 67.7 cm³/mol. The van der Waals surface area contributed by atoms with Gasteiger partial charge in [0.15, 0.2) is 0 Å². The molecule has 0 amide bonds. The van der Waals surface area contributed by atoms with Gasteiger partial charge in [-0.3, -0.25) is 0 Å². The van der Waals surface area contributed by atoms with Crippen molar-refractivity contribution in [1.29, 1.82) is 0 Å². The molecule has 84 valence electrons. The number of thiophene rings is 1. The highest BCUT2D eigenvalue weighted by Gasteiger charge is 2.26. The van der Waals surface area contributed by atoms with Crippen molar-refractivity contribution >= 4 is 11.3 Å². The normalized spacial score (nSPS) is 26.8. The highest BCUT2D eigenvalue weighted by molar-refractivity contribution is 7.12. The predicted octanol–water partition coefficient (Wildman–Crippen LogP) is 3.55. The van der Waals surface area contributed by atoms with Crippen LogP contribution in [-0.4, -0.2) is 13.1 Å². The average molecular weight is 223 g/mol. The van der Waals surface area contributed by atoms with Gasteiger partial charge in [0, 0.05) is 9.75 Å². The van der Waals surface area contributed by atoms with Crippen molar-refractivity contribution in [3.05, 3.63) is 21.9 Å². The fourth-order valence-corrected chi connectivity index (χ4v) is 3.73. The van der Waals surface area contributed by atoms with Crippen molar-refractivity contribution in [2.45, 2.75) is 39.0 Å². The fraction of sp³-hybridized carbons (Fsp3) is 0.692. The minimum absolute atomic E-state index is 0.824. The molecule has 0 aromatic carbocycles. The third-order valence-electron chi connectivity index (χ3n) is 3.39. The van der Waals surface area contributed by atoms with Crippen LogP contribution >= 0.6 is 11.3 Å². The van der Waals surface area contributed by atoms with Crippen LogP contribution in [0.3, 0.4) is 0 Å². The number of aryl methyl sites for hydroxylation is 1. The van der Waals surface area contributed by atoms with E-state index in [1.165, 1.54) is 37.2 Å². The molecule has 1 aromatic heterocycles. The SMILES string of the molecule is CCCC1CNCCC1c1ccc(C)s1. The van der Waals surface area contributed by atoms with Gasteiger partial charge in [-0.15, -0.1) is 11.3 Å². The first-order chi connectivity index (χ1) is 7.31. The molecule has 1 aliphatic heterocycles. The Morgan fingerprint density at radius 3 is 3.00 bits per heavy atom. The Balaban J connectivity index is 2.10. The summed E-state index contributed by atoms with van der Waals surface area (Å²) >= 11 is 2.00. The second kappa shape index (κ2) is 5.13. The molecule has 2 rings (SSSR count). The highest BCUT2D eigenvalue weighted by Crippen LogP contribution is 2.36. The topological polar surface area (TPSA) is 12.0 Å². The summed E-state index contributed by atoms with van der Waals surface area (Å²) in [7, 11) is 0. The van der Waals surface area contributed by atoms with Gasteiger partial charge in [-0.25, -0.2) is 0 Å². The summed E-state index contributed by atoms with van der Waals surface area (Å²) in [6.45, 7) is 6.92. The first-order valence-electron chi connectivity index (χ1n) is 6.08. The van der Waals surface area contributed by atoms with Crippen LogP contribution in [0.5, 0.6) is 0 Å². The molecule has 2 unspecified atom stereocenters. The fourth-order valence-electron chi connectivity index (χ4n) is 2.62. The van der Waals surface area contributed by atoms with Crippen LogP contribution in [-0.2, 0) is 0 Å². The molecule has 1 aromatic rings. The third-order valence-corrected chi connectivity index (χ3v) is 4.53. The van der Waals surface area contributed by atoms with Gasteiger partial charge in [0.25, 0.3) is 0 Å². The zero-order valence-corrected chi connectivity index (χ0v) is 10.6. The van der Waals surface area contributed by atoms with Crippen LogP contribution in [0.25, 0.3) is 0 Å². The molecular weight excluding hydrogens is 202 g/mol. The van der Waals surface area contributed by atoms with E-state index >= 15 is 0 Å². The molecule has 1 N–H and O–H groups in total. The van der Waals surface area contributed by atoms with E-state index in [1.807, 2.05) is 11.3 Å². The number of hydrogen-bond donors (Lipinski definition) is 1. The van der Waals surface area contributed by atoms with Crippen LogP contribution in [0.15, 0.2) is 12.1 Å². The molecule has 2 atom stereocenters. The Bertz CT molecular complexity index is 303. The zero-order chi connectivity index (χ0) is 10.7. The molecule has 1 fully saturated rings. The summed E-state index contributed by atoms with van der Waals surface area (Å²) in [6, 6.07) is 4.61. The minimum atomic E-state index is 0.824. The molecule has 2 heteroatoms. The van der Waals surface area contributed by atoms with Gasteiger partial charge in [-0.05, 0) is 56.8 Å². The van der Waals surface area contributed by atoms with E-state index in [2.05, 4.69) is 31.3 Å². The molecule has 0 aliphatic carbocycles. The van der Waals surface area contributed by atoms with Crippen LogP contribution in [0, 0.1) is 12.8 Å². The van der Waals surface area contributed by atoms with Crippen LogP contribution in [0.2, 0.25) is 0 Å². The van der Waals surface area contributed by atoms with Gasteiger partial charge in [0.2, 0.25) is 0 Å². The standard InChI is InChI=1S/C13H21NS/c1-3-4-11-9-14-8-7-12(11)13-6-5-10(2)15-13/h5-6,11-12,14H,3-4,7-9H2,1-2H3. The molecule has 1 saturated heterocycles. The molecule has 0 bridgehead atoms. The van der Waals surface area contributed by atoms with Crippen LogP contribution in [0.4, 0.5) is 0 Å². The minimum Gasteiger partial charge on any atom is -0.316 e. The van der Waals surface area contributed by atoms with Gasteiger partial charge < -0.3 is 5.32 Å². The van der Waals surface area contributed by atoms with E-state index in [4.69, 9.17) is 0 Å². The van der Waals surface area contributed by atoms with Crippen molar-refractivity contribution in [2.75, 3.05) is 13.1 Å². The Labute approximate surface area is 96.9 Å². The van der Waals surface area contributed by atoms with Crippen molar-refractivity contribution in [1.82, 2.24) is 5.32 Å². The highest BCUT2D eigenvalue weighted by atomic mass is 32.1.